The van der Waals surface area contributed by atoms with Gasteiger partial charge < -0.3 is 40.2 Å². The highest BCUT2D eigenvalue weighted by atomic mass is 32.2. The Labute approximate surface area is 309 Å². The summed E-state index contributed by atoms with van der Waals surface area (Å²) in [5.41, 5.74) is -0.498. The molecular formula is C33H46N6O13S. The molecule has 20 heteroatoms. The van der Waals surface area contributed by atoms with E-state index in [1.165, 1.54) is 20.1 Å². The minimum Gasteiger partial charge on any atom is -0.493 e. The third-order valence-electron chi connectivity index (χ3n) is 8.63. The van der Waals surface area contributed by atoms with Gasteiger partial charge in [0.2, 0.25) is 11.8 Å². The smallest absolute Gasteiger partial charge is 0.493 e. The number of fused-ring (bicyclic) bond motifs is 1. The monoisotopic (exact) mass is 766 g/mol. The van der Waals surface area contributed by atoms with E-state index in [0.29, 0.717) is 55.9 Å². The summed E-state index contributed by atoms with van der Waals surface area (Å²) >= 11 is 1.86. The first kappa shape index (κ1) is 40.9. The number of carbonyl (C=O) groups excluding carboxylic acids is 6. The zero-order valence-electron chi connectivity index (χ0n) is 29.7. The molecule has 1 aromatic rings. The molecular weight excluding hydrogens is 720 g/mol. The first-order valence-corrected chi connectivity index (χ1v) is 18.5. The van der Waals surface area contributed by atoms with Gasteiger partial charge in [-0.05, 0) is 38.7 Å². The number of unbranched alkanes of at least 4 members (excludes halogenated alkanes) is 1. The van der Waals surface area contributed by atoms with E-state index in [2.05, 4.69) is 26.1 Å². The van der Waals surface area contributed by atoms with Crippen molar-refractivity contribution in [2.24, 2.45) is 0 Å². The number of thioether (sulfide) groups is 1. The van der Waals surface area contributed by atoms with Crippen molar-refractivity contribution in [3.63, 3.8) is 0 Å². The molecule has 4 rings (SSSR count). The highest BCUT2D eigenvalue weighted by Gasteiger charge is 2.42. The van der Waals surface area contributed by atoms with Crippen LogP contribution in [0.5, 0.6) is 11.5 Å². The van der Waals surface area contributed by atoms with E-state index in [4.69, 9.17) is 18.9 Å². The fourth-order valence-corrected chi connectivity index (χ4v) is 7.46. The minimum atomic E-state index is -1.40. The SMILES string of the molecule is COc1cc([N+](=O)[O-])c(C(C)OC(=O)ON2C(=O)CCC2=O)cc1OCCCC(=O)NCCCOCCNC(=O)CCCC[C@@H]1SC[C@@H]2NC(=O)N[C@@H]21. The van der Waals surface area contributed by atoms with Crippen LogP contribution in [0, 0.1) is 10.1 Å². The zero-order valence-corrected chi connectivity index (χ0v) is 30.5. The van der Waals surface area contributed by atoms with Gasteiger partial charge in [0.15, 0.2) is 11.5 Å². The van der Waals surface area contributed by atoms with Crippen molar-refractivity contribution in [3.05, 3.63) is 27.8 Å². The molecule has 4 atom stereocenters. The summed E-state index contributed by atoms with van der Waals surface area (Å²) in [5.74, 6) is -0.584. The predicted molar refractivity (Wildman–Crippen MR) is 187 cm³/mol. The van der Waals surface area contributed by atoms with Crippen molar-refractivity contribution in [2.45, 2.75) is 88.1 Å². The van der Waals surface area contributed by atoms with E-state index < -0.39 is 34.7 Å². The lowest BCUT2D eigenvalue weighted by atomic mass is 10.0. The fourth-order valence-electron chi connectivity index (χ4n) is 5.92. The van der Waals surface area contributed by atoms with Crippen molar-refractivity contribution >= 4 is 53.3 Å². The molecule has 292 valence electrons. The van der Waals surface area contributed by atoms with Gasteiger partial charge in [0.1, 0.15) is 6.10 Å². The molecule has 19 nitrogen and oxygen atoms in total. The van der Waals surface area contributed by atoms with Gasteiger partial charge in [0, 0.05) is 56.4 Å². The number of carbonyl (C=O) groups is 6. The lowest BCUT2D eigenvalue weighted by Gasteiger charge is -2.18. The Bertz CT molecular complexity index is 1500. The molecule has 6 amide bonds. The molecule has 53 heavy (non-hydrogen) atoms. The summed E-state index contributed by atoms with van der Waals surface area (Å²) in [4.78, 5) is 87.3. The molecule has 1 aromatic carbocycles. The second kappa shape index (κ2) is 20.4. The molecule has 0 radical (unpaired) electrons. The van der Waals surface area contributed by atoms with Gasteiger partial charge in [-0.2, -0.15) is 11.8 Å². The number of hydroxylamine groups is 2. The quantitative estimate of drug-likeness (QED) is 0.0331. The minimum absolute atomic E-state index is 0.0251. The maximum Gasteiger partial charge on any atom is 0.534 e. The van der Waals surface area contributed by atoms with Gasteiger partial charge in [-0.25, -0.2) is 9.59 Å². The Balaban J connectivity index is 1.05. The van der Waals surface area contributed by atoms with Crippen molar-refractivity contribution < 1.29 is 57.5 Å². The third-order valence-corrected chi connectivity index (χ3v) is 10.1. The molecule has 3 fully saturated rings. The van der Waals surface area contributed by atoms with Crippen molar-refractivity contribution in [1.29, 1.82) is 0 Å². The molecule has 3 aliphatic heterocycles. The Kier molecular flexibility index (Phi) is 15.8. The molecule has 0 aliphatic carbocycles. The summed E-state index contributed by atoms with van der Waals surface area (Å²) in [6.07, 6.45) is 1.26. The standard InChI is InChI=1S/C33H46N6O13S/c1-20(51-33(45)52-38-29(42)10-11-30(38)43)21-17-25(24(48-2)18-23(21)39(46)47)50-15-5-9-28(41)34-12-6-14-49-16-13-35-27(40)8-4-3-7-26-31-22(19-53-26)36-32(44)37-31/h17-18,20,22,26,31H,3-16,19H2,1-2H3,(H,34,41)(H,35,40)(H2,36,37,44)/t20?,22-,26-,31-/m0/s1. The molecule has 0 bridgehead atoms. The van der Waals surface area contributed by atoms with Gasteiger partial charge in [0.05, 0.1) is 49.0 Å². The van der Waals surface area contributed by atoms with Crippen LogP contribution in [-0.2, 0) is 33.5 Å². The van der Waals surface area contributed by atoms with Crippen molar-refractivity contribution in [1.82, 2.24) is 26.3 Å². The number of imide groups is 1. The Morgan fingerprint density at radius 2 is 1.68 bits per heavy atom. The fraction of sp³-hybridized carbons (Fsp3) is 0.636. The van der Waals surface area contributed by atoms with Crippen LogP contribution in [0.15, 0.2) is 12.1 Å². The number of nitrogens with one attached hydrogen (secondary N) is 4. The van der Waals surface area contributed by atoms with Gasteiger partial charge in [-0.15, -0.1) is 0 Å². The number of ether oxygens (including phenoxy) is 4. The summed E-state index contributed by atoms with van der Waals surface area (Å²) in [6, 6.07) is 2.67. The third kappa shape index (κ3) is 12.4. The number of nitrogens with zero attached hydrogens (tertiary/aromatic N) is 2. The topological polar surface area (TPSA) is 243 Å². The number of amides is 6. The molecule has 1 unspecified atom stereocenters. The van der Waals surface area contributed by atoms with Crippen LogP contribution in [0.4, 0.5) is 15.3 Å². The van der Waals surface area contributed by atoms with E-state index in [1.807, 2.05) is 11.8 Å². The Hall–Kier alpha value is -4.85. The molecule has 4 N–H and O–H groups in total. The maximum atomic E-state index is 12.3. The zero-order chi connectivity index (χ0) is 38.3. The van der Waals surface area contributed by atoms with Crippen LogP contribution >= 0.6 is 11.8 Å². The molecule has 3 heterocycles. The first-order chi connectivity index (χ1) is 25.5. The summed E-state index contributed by atoms with van der Waals surface area (Å²) in [6.45, 7) is 2.95. The second-order valence-electron chi connectivity index (χ2n) is 12.5. The normalized spacial score (nSPS) is 19.5. The predicted octanol–water partition coefficient (Wildman–Crippen LogP) is 2.41. The Morgan fingerprint density at radius 3 is 2.40 bits per heavy atom. The first-order valence-electron chi connectivity index (χ1n) is 17.5. The van der Waals surface area contributed by atoms with Crippen LogP contribution in [0.2, 0.25) is 0 Å². The molecule has 3 saturated heterocycles. The highest BCUT2D eigenvalue weighted by Crippen LogP contribution is 2.39. The van der Waals surface area contributed by atoms with E-state index in [0.717, 1.165) is 31.1 Å². The molecule has 0 spiro atoms. The van der Waals surface area contributed by atoms with E-state index in [1.54, 1.807) is 0 Å². The van der Waals surface area contributed by atoms with Crippen LogP contribution < -0.4 is 30.7 Å². The van der Waals surface area contributed by atoms with Crippen molar-refractivity contribution in [2.75, 3.05) is 45.8 Å². The summed E-state index contributed by atoms with van der Waals surface area (Å²) in [7, 11) is 1.30. The molecule has 0 saturated carbocycles. The number of nitro groups is 1. The number of hydrogen-bond donors (Lipinski definition) is 4. The van der Waals surface area contributed by atoms with Gasteiger partial charge in [-0.1, -0.05) is 11.5 Å². The van der Waals surface area contributed by atoms with Crippen LogP contribution in [0.3, 0.4) is 0 Å². The van der Waals surface area contributed by atoms with Crippen LogP contribution in [0.1, 0.15) is 76.4 Å². The van der Waals surface area contributed by atoms with Crippen LogP contribution in [-0.4, -0.2) is 109 Å². The summed E-state index contributed by atoms with van der Waals surface area (Å²) < 4.78 is 21.6. The van der Waals surface area contributed by atoms with Crippen molar-refractivity contribution in [3.8, 4) is 11.5 Å². The summed E-state index contributed by atoms with van der Waals surface area (Å²) in [5, 5.41) is 24.0. The molecule has 3 aliphatic rings. The Morgan fingerprint density at radius 1 is 0.962 bits per heavy atom. The lowest BCUT2D eigenvalue weighted by Crippen LogP contribution is -2.36. The van der Waals surface area contributed by atoms with Gasteiger partial charge in [-0.3, -0.25) is 34.1 Å². The van der Waals surface area contributed by atoms with Gasteiger partial charge >= 0.3 is 12.2 Å². The van der Waals surface area contributed by atoms with Gasteiger partial charge in [0.25, 0.3) is 17.5 Å². The second-order valence-corrected chi connectivity index (χ2v) is 13.8. The molecule has 0 aromatic heterocycles. The maximum absolute atomic E-state index is 12.3. The van der Waals surface area contributed by atoms with E-state index in [-0.39, 0.29) is 72.9 Å². The highest BCUT2D eigenvalue weighted by molar-refractivity contribution is 8.00. The number of urea groups is 1. The number of benzene rings is 1. The number of methoxy groups -OCH3 is 1. The number of hydrogen-bond acceptors (Lipinski definition) is 14. The van der Waals surface area contributed by atoms with Crippen LogP contribution in [0.25, 0.3) is 0 Å². The number of rotatable bonds is 22. The average Bonchev–Trinajstić information content (AvgIpc) is 3.78. The van der Waals surface area contributed by atoms with E-state index >= 15 is 0 Å². The average molecular weight is 767 g/mol. The number of nitro benzene ring substituents is 1. The van der Waals surface area contributed by atoms with E-state index in [9.17, 15) is 38.9 Å². The lowest BCUT2D eigenvalue weighted by molar-refractivity contribution is -0.386. The largest absolute Gasteiger partial charge is 0.534 e.